The van der Waals surface area contributed by atoms with Crippen LogP contribution in [0, 0.1) is 16.7 Å². The molecule has 138 valence electrons. The molecule has 2 atom stereocenters. The van der Waals surface area contributed by atoms with Crippen molar-refractivity contribution in [3.63, 3.8) is 0 Å². The predicted octanol–water partition coefficient (Wildman–Crippen LogP) is 1.85. The van der Waals surface area contributed by atoms with E-state index in [-0.39, 0.29) is 28.2 Å². The van der Waals surface area contributed by atoms with E-state index in [0.29, 0.717) is 32.1 Å². The van der Waals surface area contributed by atoms with Crippen LogP contribution >= 0.6 is 0 Å². The summed E-state index contributed by atoms with van der Waals surface area (Å²) in [6, 6.07) is 0. The van der Waals surface area contributed by atoms with Crippen LogP contribution < -0.4 is 5.32 Å². The Labute approximate surface area is 146 Å². The van der Waals surface area contributed by atoms with E-state index in [1.54, 1.807) is 6.08 Å². The van der Waals surface area contributed by atoms with Crippen LogP contribution in [0.25, 0.3) is 0 Å². The molecule has 6 heteroatoms. The Balaban J connectivity index is 1.76. The van der Waals surface area contributed by atoms with E-state index in [2.05, 4.69) is 44.0 Å². The smallest absolute Gasteiger partial charge is 0.243 e. The van der Waals surface area contributed by atoms with E-state index < -0.39 is 9.84 Å². The number of nitrogens with one attached hydrogen (secondary N) is 1. The van der Waals surface area contributed by atoms with Crippen LogP contribution in [-0.2, 0) is 14.6 Å². The highest BCUT2D eigenvalue weighted by atomic mass is 32.2. The Morgan fingerprint density at radius 1 is 1.25 bits per heavy atom. The van der Waals surface area contributed by atoms with Crippen molar-refractivity contribution in [2.75, 3.05) is 37.7 Å². The van der Waals surface area contributed by atoms with Crippen LogP contribution in [-0.4, -0.2) is 56.9 Å². The van der Waals surface area contributed by atoms with E-state index >= 15 is 0 Å². The minimum absolute atomic E-state index is 0.0591. The molecule has 0 aromatic heterocycles. The zero-order valence-electron chi connectivity index (χ0n) is 15.5. The zero-order chi connectivity index (χ0) is 18.0. The lowest BCUT2D eigenvalue weighted by molar-refractivity contribution is -0.116. The van der Waals surface area contributed by atoms with E-state index in [4.69, 9.17) is 0 Å². The van der Waals surface area contributed by atoms with E-state index in [1.807, 2.05) is 0 Å². The first-order valence-corrected chi connectivity index (χ1v) is 10.8. The van der Waals surface area contributed by atoms with Gasteiger partial charge in [-0.15, -0.1) is 0 Å². The Hall–Kier alpha value is -0.880. The van der Waals surface area contributed by atoms with Crippen molar-refractivity contribution in [2.45, 2.75) is 40.5 Å². The highest BCUT2D eigenvalue weighted by Gasteiger charge is 2.47. The summed E-state index contributed by atoms with van der Waals surface area (Å²) in [5, 5.41) is 2.91. The van der Waals surface area contributed by atoms with Gasteiger partial charge in [-0.05, 0) is 35.7 Å². The van der Waals surface area contributed by atoms with Crippen LogP contribution in [0.4, 0.5) is 0 Å². The standard InChI is InChI=1S/C18H32N2O3S/c1-15-5-7-18(4,17(15,2)3)8-6-16(21)19-9-10-20-11-13-24(22,23)14-12-20/h6,8,15H,5,7,9-14H2,1-4H3,(H,19,21)/b8-6+. The van der Waals surface area contributed by atoms with Gasteiger partial charge in [0.1, 0.15) is 0 Å². The molecule has 0 radical (unpaired) electrons. The SMILES string of the molecule is CC1CCC(C)(/C=C/C(=O)NCCN2CCS(=O)(=O)CC2)C1(C)C. The molecular formula is C18H32N2O3S. The summed E-state index contributed by atoms with van der Waals surface area (Å²) in [5.74, 6) is 1.06. The van der Waals surface area contributed by atoms with E-state index in [9.17, 15) is 13.2 Å². The maximum Gasteiger partial charge on any atom is 0.243 e. The number of nitrogens with zero attached hydrogens (tertiary/aromatic N) is 1. The minimum Gasteiger partial charge on any atom is -0.351 e. The third-order valence-electron chi connectivity index (χ3n) is 6.57. The van der Waals surface area contributed by atoms with Gasteiger partial charge in [-0.1, -0.05) is 33.8 Å². The first-order chi connectivity index (χ1) is 11.1. The molecule has 0 spiro atoms. The quantitative estimate of drug-likeness (QED) is 0.764. The number of hydrogen-bond acceptors (Lipinski definition) is 4. The van der Waals surface area contributed by atoms with Crippen molar-refractivity contribution < 1.29 is 13.2 Å². The van der Waals surface area contributed by atoms with E-state index in [1.165, 1.54) is 6.42 Å². The molecule has 2 unspecified atom stereocenters. The Morgan fingerprint density at radius 3 is 2.42 bits per heavy atom. The summed E-state index contributed by atoms with van der Waals surface area (Å²) in [6.45, 7) is 11.5. The fraction of sp³-hybridized carbons (Fsp3) is 0.833. The lowest BCUT2D eigenvalue weighted by atomic mass is 9.66. The highest BCUT2D eigenvalue weighted by Crippen LogP contribution is 2.56. The van der Waals surface area contributed by atoms with Crippen LogP contribution in [0.3, 0.4) is 0 Å². The molecule has 1 aliphatic heterocycles. The molecule has 0 aromatic carbocycles. The second kappa shape index (κ2) is 7.16. The van der Waals surface area contributed by atoms with Gasteiger partial charge in [0.15, 0.2) is 9.84 Å². The Morgan fingerprint density at radius 2 is 1.88 bits per heavy atom. The lowest BCUT2D eigenvalue weighted by Crippen LogP contribution is -2.43. The molecule has 2 rings (SSSR count). The fourth-order valence-corrected chi connectivity index (χ4v) is 4.97. The Bertz CT molecular complexity index is 583. The molecule has 5 nitrogen and oxygen atoms in total. The number of hydrogen-bond donors (Lipinski definition) is 1. The maximum atomic E-state index is 12.1. The average Bonchev–Trinajstić information content (AvgIpc) is 2.71. The minimum atomic E-state index is -2.84. The summed E-state index contributed by atoms with van der Waals surface area (Å²) in [6.07, 6.45) is 6.08. The van der Waals surface area contributed by atoms with Crippen molar-refractivity contribution in [2.24, 2.45) is 16.7 Å². The van der Waals surface area contributed by atoms with Gasteiger partial charge in [-0.25, -0.2) is 8.42 Å². The van der Waals surface area contributed by atoms with Crippen molar-refractivity contribution in [1.29, 1.82) is 0 Å². The second-order valence-corrected chi connectivity index (χ2v) is 10.5. The first kappa shape index (κ1) is 19.4. The molecule has 2 aliphatic rings. The number of allylic oxidation sites excluding steroid dienone is 1. The number of sulfone groups is 1. The Kier molecular flexibility index (Phi) is 5.80. The molecular weight excluding hydrogens is 324 g/mol. The molecule has 1 saturated carbocycles. The number of carbonyl (C=O) groups excluding carboxylic acids is 1. The molecule has 2 fully saturated rings. The van der Waals surface area contributed by atoms with E-state index in [0.717, 1.165) is 6.42 Å². The normalized spacial score (nSPS) is 32.9. The van der Waals surface area contributed by atoms with Gasteiger partial charge in [0.25, 0.3) is 0 Å². The van der Waals surface area contributed by atoms with Gasteiger partial charge in [-0.3, -0.25) is 9.69 Å². The number of amides is 1. The van der Waals surface area contributed by atoms with Gasteiger partial charge in [0.05, 0.1) is 11.5 Å². The van der Waals surface area contributed by atoms with Gasteiger partial charge in [0.2, 0.25) is 5.91 Å². The monoisotopic (exact) mass is 356 g/mol. The molecule has 24 heavy (non-hydrogen) atoms. The molecule has 1 N–H and O–H groups in total. The number of rotatable bonds is 5. The molecule has 1 saturated heterocycles. The summed E-state index contributed by atoms with van der Waals surface area (Å²) in [4.78, 5) is 14.2. The molecule has 0 aromatic rings. The second-order valence-electron chi connectivity index (χ2n) is 8.20. The first-order valence-electron chi connectivity index (χ1n) is 8.96. The summed E-state index contributed by atoms with van der Waals surface area (Å²) in [7, 11) is -2.84. The van der Waals surface area contributed by atoms with Crippen LogP contribution in [0.15, 0.2) is 12.2 Å². The fourth-order valence-electron chi connectivity index (χ4n) is 3.69. The summed E-state index contributed by atoms with van der Waals surface area (Å²) >= 11 is 0. The van der Waals surface area contributed by atoms with Gasteiger partial charge in [-0.2, -0.15) is 0 Å². The summed E-state index contributed by atoms with van der Waals surface area (Å²) < 4.78 is 22.8. The van der Waals surface area contributed by atoms with Crippen molar-refractivity contribution in [3.8, 4) is 0 Å². The van der Waals surface area contributed by atoms with Gasteiger partial charge >= 0.3 is 0 Å². The predicted molar refractivity (Wildman–Crippen MR) is 97.5 cm³/mol. The summed E-state index contributed by atoms with van der Waals surface area (Å²) in [5.41, 5.74) is 0.258. The third-order valence-corrected chi connectivity index (χ3v) is 8.18. The van der Waals surface area contributed by atoms with Crippen molar-refractivity contribution in [3.05, 3.63) is 12.2 Å². The lowest BCUT2D eigenvalue weighted by Gasteiger charge is -2.38. The van der Waals surface area contributed by atoms with Crippen molar-refractivity contribution >= 4 is 15.7 Å². The highest BCUT2D eigenvalue weighted by molar-refractivity contribution is 7.91. The third kappa shape index (κ3) is 4.39. The molecule has 1 heterocycles. The molecule has 1 aliphatic carbocycles. The van der Waals surface area contributed by atoms with Gasteiger partial charge in [0, 0.05) is 26.2 Å². The van der Waals surface area contributed by atoms with Gasteiger partial charge < -0.3 is 5.32 Å². The molecule has 0 bridgehead atoms. The van der Waals surface area contributed by atoms with Crippen LogP contribution in [0.2, 0.25) is 0 Å². The van der Waals surface area contributed by atoms with Crippen molar-refractivity contribution in [1.82, 2.24) is 10.2 Å². The molecule has 1 amide bonds. The maximum absolute atomic E-state index is 12.1. The number of carbonyl (C=O) groups is 1. The topological polar surface area (TPSA) is 66.5 Å². The zero-order valence-corrected chi connectivity index (χ0v) is 16.3. The van der Waals surface area contributed by atoms with Crippen LogP contribution in [0.5, 0.6) is 0 Å². The largest absolute Gasteiger partial charge is 0.351 e. The van der Waals surface area contributed by atoms with Crippen LogP contribution in [0.1, 0.15) is 40.5 Å². The average molecular weight is 357 g/mol.